The molecule has 0 saturated carbocycles. The number of halogens is 3. The zero-order chi connectivity index (χ0) is 14.0. The highest BCUT2D eigenvalue weighted by Gasteiger charge is 2.30. The fourth-order valence-corrected chi connectivity index (χ4v) is 1.44. The maximum absolute atomic E-state index is 12.5. The van der Waals surface area contributed by atoms with Crippen LogP contribution in [0.1, 0.15) is 16.1 Å². The van der Waals surface area contributed by atoms with Gasteiger partial charge in [-0.2, -0.15) is 13.2 Å². The van der Waals surface area contributed by atoms with Gasteiger partial charge in [-0.15, -0.1) is 0 Å². The first-order valence-electron chi connectivity index (χ1n) is 5.13. The van der Waals surface area contributed by atoms with Crippen LogP contribution in [0.25, 0.3) is 0 Å². The number of carboxylic acids is 1. The normalized spacial score (nSPS) is 11.3. The first kappa shape index (κ1) is 13.0. The number of anilines is 2. The Morgan fingerprint density at radius 1 is 1.21 bits per heavy atom. The van der Waals surface area contributed by atoms with E-state index in [1.807, 2.05) is 0 Å². The third-order valence-corrected chi connectivity index (χ3v) is 2.27. The number of benzene rings is 1. The van der Waals surface area contributed by atoms with Gasteiger partial charge in [0.25, 0.3) is 0 Å². The Kier molecular flexibility index (Phi) is 3.20. The van der Waals surface area contributed by atoms with E-state index in [9.17, 15) is 18.0 Å². The van der Waals surface area contributed by atoms with Gasteiger partial charge in [-0.05, 0) is 24.3 Å². The van der Waals surface area contributed by atoms with E-state index >= 15 is 0 Å². The minimum absolute atomic E-state index is 0.0525. The lowest BCUT2D eigenvalue weighted by molar-refractivity contribution is -0.137. The Labute approximate surface area is 105 Å². The SMILES string of the molecule is O=C(O)c1ccc(Nc2cccc(C(F)(F)F)c2)o1. The average Bonchev–Trinajstić information content (AvgIpc) is 2.77. The molecule has 0 amide bonds. The molecule has 1 heterocycles. The molecule has 0 spiro atoms. The Balaban J connectivity index is 2.21. The molecule has 2 N–H and O–H groups in total. The van der Waals surface area contributed by atoms with Crippen molar-refractivity contribution >= 4 is 17.5 Å². The van der Waals surface area contributed by atoms with Gasteiger partial charge in [-0.25, -0.2) is 4.79 Å². The van der Waals surface area contributed by atoms with E-state index in [1.165, 1.54) is 24.3 Å². The molecule has 2 aromatic rings. The second-order valence-corrected chi connectivity index (χ2v) is 3.67. The quantitative estimate of drug-likeness (QED) is 0.892. The molecule has 0 bridgehead atoms. The summed E-state index contributed by atoms with van der Waals surface area (Å²) in [6.07, 6.45) is -4.44. The van der Waals surface area contributed by atoms with Gasteiger partial charge in [-0.1, -0.05) is 6.07 Å². The Hall–Kier alpha value is -2.44. The van der Waals surface area contributed by atoms with Crippen LogP contribution in [0.15, 0.2) is 40.8 Å². The van der Waals surface area contributed by atoms with E-state index in [-0.39, 0.29) is 17.3 Å². The molecular formula is C12H8F3NO3. The summed E-state index contributed by atoms with van der Waals surface area (Å²) in [4.78, 5) is 10.6. The van der Waals surface area contributed by atoms with E-state index in [0.29, 0.717) is 0 Å². The number of carbonyl (C=O) groups is 1. The van der Waals surface area contributed by atoms with Crippen molar-refractivity contribution in [2.45, 2.75) is 6.18 Å². The molecule has 0 aliphatic heterocycles. The number of hydrogen-bond donors (Lipinski definition) is 2. The minimum atomic E-state index is -4.44. The summed E-state index contributed by atoms with van der Waals surface area (Å²) >= 11 is 0. The average molecular weight is 271 g/mol. The predicted octanol–water partition coefficient (Wildman–Crippen LogP) is 3.74. The highest BCUT2D eigenvalue weighted by molar-refractivity contribution is 5.85. The van der Waals surface area contributed by atoms with Crippen LogP contribution in [-0.4, -0.2) is 11.1 Å². The third-order valence-electron chi connectivity index (χ3n) is 2.27. The van der Waals surface area contributed by atoms with E-state index in [4.69, 9.17) is 9.52 Å². The van der Waals surface area contributed by atoms with E-state index in [0.717, 1.165) is 12.1 Å². The van der Waals surface area contributed by atoms with Crippen molar-refractivity contribution in [2.24, 2.45) is 0 Å². The third kappa shape index (κ3) is 3.06. The number of hydrogen-bond acceptors (Lipinski definition) is 3. The van der Waals surface area contributed by atoms with Gasteiger partial charge in [0, 0.05) is 11.8 Å². The minimum Gasteiger partial charge on any atom is -0.475 e. The van der Waals surface area contributed by atoms with Crippen LogP contribution in [-0.2, 0) is 6.18 Å². The van der Waals surface area contributed by atoms with Crippen LogP contribution in [0, 0.1) is 0 Å². The van der Waals surface area contributed by atoms with Gasteiger partial charge in [0.2, 0.25) is 5.76 Å². The molecule has 0 fully saturated rings. The molecule has 0 unspecified atom stereocenters. The van der Waals surface area contributed by atoms with Crippen LogP contribution in [0.5, 0.6) is 0 Å². The number of aromatic carboxylic acids is 1. The van der Waals surface area contributed by atoms with Gasteiger partial charge < -0.3 is 14.8 Å². The molecule has 0 radical (unpaired) electrons. The monoisotopic (exact) mass is 271 g/mol. The first-order chi connectivity index (χ1) is 8.86. The zero-order valence-corrected chi connectivity index (χ0v) is 9.36. The van der Waals surface area contributed by atoms with Crippen LogP contribution >= 0.6 is 0 Å². The molecule has 2 rings (SSSR count). The highest BCUT2D eigenvalue weighted by atomic mass is 19.4. The molecule has 100 valence electrons. The molecule has 0 atom stereocenters. The Morgan fingerprint density at radius 2 is 1.95 bits per heavy atom. The molecule has 7 heteroatoms. The second kappa shape index (κ2) is 4.68. The summed E-state index contributed by atoms with van der Waals surface area (Å²) in [7, 11) is 0. The standard InChI is InChI=1S/C12H8F3NO3/c13-12(14,15)7-2-1-3-8(6-7)16-10-5-4-9(19-10)11(17)18/h1-6,16H,(H,17,18). The lowest BCUT2D eigenvalue weighted by atomic mass is 10.2. The fraction of sp³-hybridized carbons (Fsp3) is 0.0833. The number of alkyl halides is 3. The van der Waals surface area contributed by atoms with Crippen molar-refractivity contribution in [3.63, 3.8) is 0 Å². The summed E-state index contributed by atoms with van der Waals surface area (Å²) in [5.74, 6) is -1.50. The fourth-order valence-electron chi connectivity index (χ4n) is 1.44. The molecule has 4 nitrogen and oxygen atoms in total. The van der Waals surface area contributed by atoms with Crippen molar-refractivity contribution in [3.05, 3.63) is 47.7 Å². The van der Waals surface area contributed by atoms with E-state index < -0.39 is 17.7 Å². The summed E-state index contributed by atoms with van der Waals surface area (Å²) in [5, 5.41) is 11.2. The molecule has 1 aromatic heterocycles. The van der Waals surface area contributed by atoms with Gasteiger partial charge in [0.05, 0.1) is 5.56 Å². The Bertz CT molecular complexity index is 604. The summed E-state index contributed by atoms with van der Waals surface area (Å²) in [5.41, 5.74) is -0.649. The number of nitrogens with one attached hydrogen (secondary N) is 1. The van der Waals surface area contributed by atoms with Crippen molar-refractivity contribution in [2.75, 3.05) is 5.32 Å². The Morgan fingerprint density at radius 3 is 2.53 bits per heavy atom. The number of carboxylic acid groups (broad SMARTS) is 1. The molecule has 19 heavy (non-hydrogen) atoms. The van der Waals surface area contributed by atoms with Gasteiger partial charge in [0.15, 0.2) is 5.88 Å². The predicted molar refractivity (Wildman–Crippen MR) is 60.4 cm³/mol. The maximum atomic E-state index is 12.5. The second-order valence-electron chi connectivity index (χ2n) is 3.67. The van der Waals surface area contributed by atoms with Crippen LogP contribution < -0.4 is 5.32 Å². The lowest BCUT2D eigenvalue weighted by Gasteiger charge is -2.08. The topological polar surface area (TPSA) is 62.5 Å². The van der Waals surface area contributed by atoms with Crippen molar-refractivity contribution < 1.29 is 27.5 Å². The van der Waals surface area contributed by atoms with Gasteiger partial charge in [-0.3, -0.25) is 0 Å². The molecule has 1 aromatic carbocycles. The molecule has 0 saturated heterocycles. The summed E-state index contributed by atoms with van der Waals surface area (Å²) in [6, 6.07) is 7.03. The number of furan rings is 1. The molecule has 0 aliphatic rings. The maximum Gasteiger partial charge on any atom is 0.416 e. The summed E-state index contributed by atoms with van der Waals surface area (Å²) < 4.78 is 42.3. The van der Waals surface area contributed by atoms with Crippen molar-refractivity contribution in [3.8, 4) is 0 Å². The lowest BCUT2D eigenvalue weighted by Crippen LogP contribution is -2.05. The highest BCUT2D eigenvalue weighted by Crippen LogP contribution is 2.31. The smallest absolute Gasteiger partial charge is 0.416 e. The molecular weight excluding hydrogens is 263 g/mol. The van der Waals surface area contributed by atoms with Gasteiger partial charge >= 0.3 is 12.1 Å². The first-order valence-corrected chi connectivity index (χ1v) is 5.13. The molecule has 0 aliphatic carbocycles. The van der Waals surface area contributed by atoms with Crippen molar-refractivity contribution in [1.29, 1.82) is 0 Å². The van der Waals surface area contributed by atoms with Crippen LogP contribution in [0.3, 0.4) is 0 Å². The summed E-state index contributed by atoms with van der Waals surface area (Å²) in [6.45, 7) is 0. The largest absolute Gasteiger partial charge is 0.475 e. The van der Waals surface area contributed by atoms with Gasteiger partial charge in [0.1, 0.15) is 0 Å². The van der Waals surface area contributed by atoms with Crippen molar-refractivity contribution in [1.82, 2.24) is 0 Å². The zero-order valence-electron chi connectivity index (χ0n) is 9.36. The van der Waals surface area contributed by atoms with E-state index in [2.05, 4.69) is 5.32 Å². The van der Waals surface area contributed by atoms with Crippen LogP contribution in [0.2, 0.25) is 0 Å². The van der Waals surface area contributed by atoms with E-state index in [1.54, 1.807) is 0 Å². The van der Waals surface area contributed by atoms with Crippen LogP contribution in [0.4, 0.5) is 24.7 Å². The number of rotatable bonds is 3.